The van der Waals surface area contributed by atoms with Crippen LogP contribution in [0.5, 0.6) is 0 Å². The number of hydrogen-bond donors (Lipinski definition) is 0. The summed E-state index contributed by atoms with van der Waals surface area (Å²) in [5.74, 6) is -0.182. The van der Waals surface area contributed by atoms with Crippen LogP contribution >= 0.6 is 0 Å². The highest BCUT2D eigenvalue weighted by Gasteiger charge is 2.09. The summed E-state index contributed by atoms with van der Waals surface area (Å²) in [6, 6.07) is 15.1. The summed E-state index contributed by atoms with van der Waals surface area (Å²) in [6.45, 7) is 0. The van der Waals surface area contributed by atoms with Crippen molar-refractivity contribution >= 4 is 17.5 Å². The van der Waals surface area contributed by atoms with Gasteiger partial charge in [0.1, 0.15) is 0 Å². The summed E-state index contributed by atoms with van der Waals surface area (Å²) in [7, 11) is 0. The van der Waals surface area contributed by atoms with E-state index >= 15 is 0 Å². The van der Waals surface area contributed by atoms with Crippen molar-refractivity contribution in [1.82, 2.24) is 0 Å². The summed E-state index contributed by atoms with van der Waals surface area (Å²) < 4.78 is 0. The summed E-state index contributed by atoms with van der Waals surface area (Å²) in [5, 5.41) is 10.8. The minimum absolute atomic E-state index is 0.0142. The smallest absolute Gasteiger partial charge is 0.276 e. The van der Waals surface area contributed by atoms with Crippen molar-refractivity contribution < 1.29 is 9.72 Å². The van der Waals surface area contributed by atoms with E-state index in [4.69, 9.17) is 0 Å². The van der Waals surface area contributed by atoms with Gasteiger partial charge in [0, 0.05) is 11.6 Å². The Kier molecular flexibility index (Phi) is 3.83. The Morgan fingerprint density at radius 3 is 2.32 bits per heavy atom. The second-order valence-electron chi connectivity index (χ2n) is 3.88. The van der Waals surface area contributed by atoms with Crippen LogP contribution in [0.1, 0.15) is 15.9 Å². The Morgan fingerprint density at radius 1 is 1.00 bits per heavy atom. The van der Waals surface area contributed by atoms with E-state index in [2.05, 4.69) is 0 Å². The fourth-order valence-corrected chi connectivity index (χ4v) is 1.66. The normalized spacial score (nSPS) is 10.5. The lowest BCUT2D eigenvalue weighted by atomic mass is 10.1. The van der Waals surface area contributed by atoms with E-state index in [1.165, 1.54) is 18.2 Å². The van der Waals surface area contributed by atoms with Gasteiger partial charge in [0.25, 0.3) is 5.69 Å². The van der Waals surface area contributed by atoms with Gasteiger partial charge in [-0.05, 0) is 18.2 Å². The molecule has 0 heterocycles. The molecule has 0 saturated heterocycles. The lowest BCUT2D eigenvalue weighted by molar-refractivity contribution is -0.385. The second kappa shape index (κ2) is 5.73. The van der Waals surface area contributed by atoms with E-state index in [0.717, 1.165) is 0 Å². The molecule has 2 rings (SSSR count). The van der Waals surface area contributed by atoms with Crippen molar-refractivity contribution in [2.24, 2.45) is 0 Å². The molecule has 0 radical (unpaired) electrons. The molecule has 4 heteroatoms. The number of ketones is 1. The van der Waals surface area contributed by atoms with Crippen LogP contribution in [0.15, 0.2) is 60.7 Å². The SMILES string of the molecule is O=C(/C=C\c1ccccc1[N+](=O)[O-])c1ccccc1. The Hall–Kier alpha value is -2.75. The predicted octanol–water partition coefficient (Wildman–Crippen LogP) is 3.49. The first-order valence-electron chi connectivity index (χ1n) is 5.69. The van der Waals surface area contributed by atoms with Crippen molar-refractivity contribution in [3.05, 3.63) is 81.9 Å². The summed E-state index contributed by atoms with van der Waals surface area (Å²) in [5.41, 5.74) is 0.953. The highest BCUT2D eigenvalue weighted by molar-refractivity contribution is 6.06. The third-order valence-corrected chi connectivity index (χ3v) is 2.61. The quantitative estimate of drug-likeness (QED) is 0.362. The molecule has 2 aromatic carbocycles. The number of carbonyl (C=O) groups excluding carboxylic acids is 1. The Labute approximate surface area is 110 Å². The van der Waals surface area contributed by atoms with Gasteiger partial charge >= 0.3 is 0 Å². The topological polar surface area (TPSA) is 60.2 Å². The lowest BCUT2D eigenvalue weighted by Crippen LogP contribution is -1.94. The molecule has 0 aromatic heterocycles. The van der Waals surface area contributed by atoms with Gasteiger partial charge in [0.05, 0.1) is 10.5 Å². The fourth-order valence-electron chi connectivity index (χ4n) is 1.66. The van der Waals surface area contributed by atoms with Gasteiger partial charge < -0.3 is 0 Å². The standard InChI is InChI=1S/C15H11NO3/c17-15(13-7-2-1-3-8-13)11-10-12-6-4-5-9-14(12)16(18)19/h1-11H/b11-10-. The first kappa shape index (κ1) is 12.7. The van der Waals surface area contributed by atoms with Gasteiger partial charge in [0.2, 0.25) is 0 Å². The van der Waals surface area contributed by atoms with Gasteiger partial charge in [0.15, 0.2) is 5.78 Å². The highest BCUT2D eigenvalue weighted by atomic mass is 16.6. The molecule has 0 bridgehead atoms. The lowest BCUT2D eigenvalue weighted by Gasteiger charge is -1.97. The molecule has 0 aliphatic rings. The van der Waals surface area contributed by atoms with Crippen LogP contribution in [0, 0.1) is 10.1 Å². The summed E-state index contributed by atoms with van der Waals surface area (Å²) in [4.78, 5) is 22.2. The van der Waals surface area contributed by atoms with Gasteiger partial charge in [-0.1, -0.05) is 42.5 Å². The zero-order valence-electron chi connectivity index (χ0n) is 10.0. The number of nitro groups is 1. The number of benzene rings is 2. The van der Waals surface area contributed by atoms with Crippen molar-refractivity contribution in [2.45, 2.75) is 0 Å². The van der Waals surface area contributed by atoms with E-state index < -0.39 is 4.92 Å². The van der Waals surface area contributed by atoms with Crippen molar-refractivity contribution in [3.63, 3.8) is 0 Å². The minimum atomic E-state index is -0.466. The van der Waals surface area contributed by atoms with Crippen LogP contribution in [0.4, 0.5) is 5.69 Å². The first-order chi connectivity index (χ1) is 9.18. The van der Waals surface area contributed by atoms with Crippen LogP contribution in [0.2, 0.25) is 0 Å². The number of hydrogen-bond acceptors (Lipinski definition) is 3. The average Bonchev–Trinajstić information content (AvgIpc) is 2.46. The molecule has 0 atom stereocenters. The van der Waals surface area contributed by atoms with Crippen molar-refractivity contribution in [2.75, 3.05) is 0 Å². The van der Waals surface area contributed by atoms with Crippen molar-refractivity contribution in [3.8, 4) is 0 Å². The maximum absolute atomic E-state index is 11.8. The van der Waals surface area contributed by atoms with Gasteiger partial charge in [-0.2, -0.15) is 0 Å². The molecule has 0 fully saturated rings. The number of rotatable bonds is 4. The molecule has 4 nitrogen and oxygen atoms in total. The molecule has 0 amide bonds. The Morgan fingerprint density at radius 2 is 1.63 bits per heavy atom. The Balaban J connectivity index is 2.24. The summed E-state index contributed by atoms with van der Waals surface area (Å²) >= 11 is 0. The monoisotopic (exact) mass is 253 g/mol. The van der Waals surface area contributed by atoms with Gasteiger partial charge in [-0.3, -0.25) is 14.9 Å². The van der Waals surface area contributed by atoms with E-state index in [9.17, 15) is 14.9 Å². The van der Waals surface area contributed by atoms with Crippen LogP contribution in [0.3, 0.4) is 0 Å². The largest absolute Gasteiger partial charge is 0.289 e. The number of carbonyl (C=O) groups is 1. The maximum Gasteiger partial charge on any atom is 0.276 e. The van der Waals surface area contributed by atoms with Gasteiger partial charge in [-0.15, -0.1) is 0 Å². The van der Waals surface area contributed by atoms with E-state index in [1.54, 1.807) is 42.5 Å². The fraction of sp³-hybridized carbons (Fsp3) is 0. The van der Waals surface area contributed by atoms with Crippen molar-refractivity contribution in [1.29, 1.82) is 0 Å². The van der Waals surface area contributed by atoms with Crippen LogP contribution in [-0.2, 0) is 0 Å². The third-order valence-electron chi connectivity index (χ3n) is 2.61. The minimum Gasteiger partial charge on any atom is -0.289 e. The van der Waals surface area contributed by atoms with Crippen LogP contribution < -0.4 is 0 Å². The second-order valence-corrected chi connectivity index (χ2v) is 3.88. The molecule has 94 valence electrons. The van der Waals surface area contributed by atoms with Crippen LogP contribution in [0.25, 0.3) is 6.08 Å². The molecule has 0 saturated carbocycles. The highest BCUT2D eigenvalue weighted by Crippen LogP contribution is 2.19. The van der Waals surface area contributed by atoms with Gasteiger partial charge in [-0.25, -0.2) is 0 Å². The number of allylic oxidation sites excluding steroid dienone is 1. The van der Waals surface area contributed by atoms with E-state index in [0.29, 0.717) is 11.1 Å². The Bertz CT molecular complexity index is 633. The van der Waals surface area contributed by atoms with Crippen LogP contribution in [-0.4, -0.2) is 10.7 Å². The van der Waals surface area contributed by atoms with E-state index in [1.807, 2.05) is 6.07 Å². The third kappa shape index (κ3) is 3.13. The molecular formula is C15H11NO3. The number of para-hydroxylation sites is 1. The van der Waals surface area contributed by atoms with E-state index in [-0.39, 0.29) is 11.5 Å². The molecular weight excluding hydrogens is 242 g/mol. The molecule has 2 aromatic rings. The number of nitro benzene ring substituents is 1. The molecule has 0 aliphatic carbocycles. The molecule has 0 unspecified atom stereocenters. The molecule has 0 spiro atoms. The maximum atomic E-state index is 11.8. The molecule has 0 aliphatic heterocycles. The predicted molar refractivity (Wildman–Crippen MR) is 72.9 cm³/mol. The molecule has 0 N–H and O–H groups in total. The number of nitrogens with zero attached hydrogens (tertiary/aromatic N) is 1. The molecule has 19 heavy (non-hydrogen) atoms. The zero-order chi connectivity index (χ0) is 13.7. The average molecular weight is 253 g/mol. The zero-order valence-corrected chi connectivity index (χ0v) is 10.0. The first-order valence-corrected chi connectivity index (χ1v) is 5.69. The summed E-state index contributed by atoms with van der Waals surface area (Å²) in [6.07, 6.45) is 2.81.